The minimum absolute atomic E-state index is 0.533. The molecular formula is C69H44N6. The fourth-order valence-corrected chi connectivity index (χ4v) is 11.5. The van der Waals surface area contributed by atoms with Gasteiger partial charge in [-0.25, -0.2) is 4.98 Å². The zero-order chi connectivity index (χ0) is 49.4. The number of nitrogens with zero attached hydrogens (tertiary/aromatic N) is 6. The molecule has 0 aliphatic carbocycles. The van der Waals surface area contributed by atoms with E-state index in [4.69, 9.17) is 15.0 Å². The minimum atomic E-state index is 0.533. The van der Waals surface area contributed by atoms with E-state index in [1.807, 2.05) is 18.2 Å². The molecule has 0 unspecified atom stereocenters. The molecule has 0 bridgehead atoms. The zero-order valence-electron chi connectivity index (χ0n) is 40.6. The molecule has 0 radical (unpaired) electrons. The highest BCUT2D eigenvalue weighted by Gasteiger charge is 2.27. The number of rotatable bonds is 8. The topological polar surface area (TPSA) is 53.5 Å². The summed E-state index contributed by atoms with van der Waals surface area (Å²) >= 11 is 0. The molecule has 0 saturated heterocycles. The first-order valence-corrected chi connectivity index (χ1v) is 25.4. The number of para-hydroxylation sites is 4. The number of hydrogen-bond acceptors (Lipinski definition) is 3. The maximum atomic E-state index is 5.53. The van der Waals surface area contributed by atoms with Crippen LogP contribution in [0.5, 0.6) is 0 Å². The summed E-state index contributed by atoms with van der Waals surface area (Å²) in [5, 5.41) is 6.87. The van der Waals surface area contributed by atoms with Crippen molar-refractivity contribution >= 4 is 65.4 Å². The van der Waals surface area contributed by atoms with E-state index >= 15 is 0 Å². The second kappa shape index (κ2) is 17.3. The number of aromatic nitrogens is 6. The molecule has 75 heavy (non-hydrogen) atoms. The van der Waals surface area contributed by atoms with Crippen molar-refractivity contribution in [1.29, 1.82) is 0 Å². The third-order valence-corrected chi connectivity index (χ3v) is 14.9. The Labute approximate surface area is 432 Å². The van der Waals surface area contributed by atoms with Crippen LogP contribution < -0.4 is 0 Å². The summed E-state index contributed by atoms with van der Waals surface area (Å²) in [6.45, 7) is 0. The quantitative estimate of drug-likeness (QED) is 0.152. The van der Waals surface area contributed by atoms with E-state index in [0.29, 0.717) is 17.6 Å². The molecule has 6 nitrogen and oxygen atoms in total. The van der Waals surface area contributed by atoms with Crippen LogP contribution in [0.4, 0.5) is 0 Å². The Kier molecular flexibility index (Phi) is 9.78. The third kappa shape index (κ3) is 6.92. The van der Waals surface area contributed by atoms with E-state index in [1.165, 1.54) is 21.9 Å². The van der Waals surface area contributed by atoms with Gasteiger partial charge in [0.1, 0.15) is 0 Å². The molecule has 11 aromatic carbocycles. The van der Waals surface area contributed by atoms with Crippen LogP contribution in [-0.4, -0.2) is 28.7 Å². The smallest absolute Gasteiger partial charge is 0.238 e. The van der Waals surface area contributed by atoms with Crippen molar-refractivity contribution in [3.63, 3.8) is 0 Å². The average Bonchev–Trinajstić information content (AvgIpc) is 4.30. The van der Waals surface area contributed by atoms with Gasteiger partial charge >= 0.3 is 0 Å². The summed E-state index contributed by atoms with van der Waals surface area (Å²) in [6.07, 6.45) is 0. The van der Waals surface area contributed by atoms with Gasteiger partial charge in [-0.2, -0.15) is 9.97 Å². The average molecular weight is 957 g/mol. The van der Waals surface area contributed by atoms with Crippen molar-refractivity contribution in [3.8, 4) is 73.5 Å². The van der Waals surface area contributed by atoms with E-state index < -0.39 is 0 Å². The molecule has 4 heterocycles. The van der Waals surface area contributed by atoms with Crippen molar-refractivity contribution < 1.29 is 0 Å². The van der Waals surface area contributed by atoms with Gasteiger partial charge in [0.2, 0.25) is 5.95 Å². The summed E-state index contributed by atoms with van der Waals surface area (Å²) in [4.78, 5) is 16.3. The molecule has 350 valence electrons. The van der Waals surface area contributed by atoms with Crippen molar-refractivity contribution in [2.75, 3.05) is 0 Å². The van der Waals surface area contributed by atoms with Gasteiger partial charge in [0.25, 0.3) is 0 Å². The molecule has 0 spiro atoms. The normalized spacial score (nSPS) is 11.7. The first-order valence-electron chi connectivity index (χ1n) is 25.4. The summed E-state index contributed by atoms with van der Waals surface area (Å²) in [6, 6.07) is 95.3. The second-order valence-corrected chi connectivity index (χ2v) is 19.2. The fourth-order valence-electron chi connectivity index (χ4n) is 11.5. The highest BCUT2D eigenvalue weighted by atomic mass is 15.2. The molecule has 0 aliphatic rings. The Balaban J connectivity index is 1.04. The predicted octanol–water partition coefficient (Wildman–Crippen LogP) is 17.5. The third-order valence-electron chi connectivity index (χ3n) is 14.9. The largest absolute Gasteiger partial charge is 0.309 e. The van der Waals surface area contributed by atoms with Crippen LogP contribution in [0.25, 0.3) is 139 Å². The van der Waals surface area contributed by atoms with Gasteiger partial charge < -0.3 is 9.13 Å². The van der Waals surface area contributed by atoms with E-state index in [2.05, 4.69) is 262 Å². The van der Waals surface area contributed by atoms with Crippen molar-refractivity contribution in [2.45, 2.75) is 0 Å². The highest BCUT2D eigenvalue weighted by Crippen LogP contribution is 2.47. The molecule has 15 aromatic rings. The summed E-state index contributed by atoms with van der Waals surface area (Å²) in [5.41, 5.74) is 17.3. The van der Waals surface area contributed by atoms with Crippen molar-refractivity contribution in [2.24, 2.45) is 0 Å². The van der Waals surface area contributed by atoms with Crippen LogP contribution >= 0.6 is 0 Å². The van der Waals surface area contributed by atoms with Crippen LogP contribution in [0, 0.1) is 0 Å². The summed E-state index contributed by atoms with van der Waals surface area (Å²) < 4.78 is 7.24. The molecule has 0 fully saturated rings. The molecule has 0 amide bonds. The van der Waals surface area contributed by atoms with Crippen molar-refractivity contribution in [1.82, 2.24) is 28.7 Å². The lowest BCUT2D eigenvalue weighted by molar-refractivity contribution is 0.953. The molecule has 0 N–H and O–H groups in total. The first-order chi connectivity index (χ1) is 37.2. The summed E-state index contributed by atoms with van der Waals surface area (Å²) in [5.74, 6) is 1.71. The molecule has 0 aliphatic heterocycles. The Morgan fingerprint density at radius 2 is 0.640 bits per heavy atom. The molecular weight excluding hydrogens is 913 g/mol. The number of benzene rings is 11. The molecule has 6 heteroatoms. The first kappa shape index (κ1) is 42.5. The van der Waals surface area contributed by atoms with Gasteiger partial charge in [0.05, 0.1) is 38.8 Å². The van der Waals surface area contributed by atoms with E-state index in [9.17, 15) is 0 Å². The number of hydrogen-bond donors (Lipinski definition) is 0. The van der Waals surface area contributed by atoms with Gasteiger partial charge in [-0.3, -0.25) is 4.57 Å². The maximum absolute atomic E-state index is 5.53. The maximum Gasteiger partial charge on any atom is 0.238 e. The van der Waals surface area contributed by atoms with Crippen LogP contribution in [0.1, 0.15) is 0 Å². The Morgan fingerprint density at radius 1 is 0.240 bits per heavy atom. The SMILES string of the molecule is c1ccc(-c2cccc(-c3ccc(-c4nc(-c5ccccc5)nc(-n5c6ccccc6c6cc(-n7c8ccccc8c8ccccc87)c7c8ccccc8n(-c8cccc(-c9ccccc9)c8)c7c65)n4)cc3)c2)cc1. The second-order valence-electron chi connectivity index (χ2n) is 19.2. The highest BCUT2D eigenvalue weighted by molar-refractivity contribution is 6.27. The lowest BCUT2D eigenvalue weighted by Gasteiger charge is -2.16. The molecule has 4 aromatic heterocycles. The molecule has 0 atom stereocenters. The van der Waals surface area contributed by atoms with Gasteiger partial charge in [-0.05, 0) is 81.9 Å². The van der Waals surface area contributed by atoms with E-state index in [1.54, 1.807) is 0 Å². The van der Waals surface area contributed by atoms with Crippen LogP contribution in [0.3, 0.4) is 0 Å². The summed E-state index contributed by atoms with van der Waals surface area (Å²) in [7, 11) is 0. The fraction of sp³-hybridized carbons (Fsp3) is 0. The van der Waals surface area contributed by atoms with Crippen LogP contribution in [0.15, 0.2) is 267 Å². The zero-order valence-corrected chi connectivity index (χ0v) is 40.6. The molecule has 0 saturated carbocycles. The Morgan fingerprint density at radius 3 is 1.21 bits per heavy atom. The minimum Gasteiger partial charge on any atom is -0.309 e. The van der Waals surface area contributed by atoms with E-state index in [-0.39, 0.29) is 0 Å². The molecule has 15 rings (SSSR count). The predicted molar refractivity (Wildman–Crippen MR) is 310 cm³/mol. The van der Waals surface area contributed by atoms with Crippen LogP contribution in [0.2, 0.25) is 0 Å². The number of fused-ring (bicyclic) bond motifs is 10. The van der Waals surface area contributed by atoms with Gasteiger partial charge in [-0.1, -0.05) is 218 Å². The monoisotopic (exact) mass is 956 g/mol. The van der Waals surface area contributed by atoms with E-state index in [0.717, 1.165) is 99.4 Å². The van der Waals surface area contributed by atoms with Gasteiger partial charge in [0.15, 0.2) is 11.6 Å². The van der Waals surface area contributed by atoms with Crippen LogP contribution in [-0.2, 0) is 0 Å². The van der Waals surface area contributed by atoms with Gasteiger partial charge in [0, 0.05) is 49.1 Å². The van der Waals surface area contributed by atoms with Gasteiger partial charge in [-0.15, -0.1) is 0 Å². The standard InChI is InChI=1S/C69H44N6/c1-4-20-45(21-5-1)50-26-18-27-51(42-50)47-38-40-49(41-39-47)68-70-67(48-24-8-3-9-25-48)71-69(72-68)75-61-36-16-12-32-56(61)58-44-63(74-59-34-14-10-30-54(59)55-31-11-15-35-60(55)74)64-57-33-13-17-37-62(57)73(66(64)65(58)75)53-29-19-28-52(43-53)46-22-6-2-7-23-46/h1-44H. The Hall–Kier alpha value is -10.2. The lowest BCUT2D eigenvalue weighted by Crippen LogP contribution is -2.07. The van der Waals surface area contributed by atoms with Crippen molar-refractivity contribution in [3.05, 3.63) is 267 Å². The Bertz CT molecular complexity index is 4630. The lowest BCUT2D eigenvalue weighted by atomic mass is 9.98.